The highest BCUT2D eigenvalue weighted by molar-refractivity contribution is 6.35. The van der Waals surface area contributed by atoms with Crippen LogP contribution in [0.2, 0.25) is 10.0 Å². The third kappa shape index (κ3) is 5.40. The fraction of sp³-hybridized carbons (Fsp3) is 0.433. The third-order valence-corrected chi connectivity index (χ3v) is 9.09. The van der Waals surface area contributed by atoms with Gasteiger partial charge in [0.05, 0.1) is 18.3 Å². The molecule has 4 heterocycles. The Hall–Kier alpha value is -3.08. The summed E-state index contributed by atoms with van der Waals surface area (Å²) >= 11 is 12.4. The summed E-state index contributed by atoms with van der Waals surface area (Å²) in [6.45, 7) is 6.84. The minimum Gasteiger partial charge on any atom is -0.389 e. The van der Waals surface area contributed by atoms with Crippen LogP contribution in [0.15, 0.2) is 48.7 Å². The molecule has 3 atom stereocenters. The number of nitrogens with zero attached hydrogens (tertiary/aromatic N) is 6. The summed E-state index contributed by atoms with van der Waals surface area (Å²) in [6.07, 6.45) is -1.65. The van der Waals surface area contributed by atoms with Gasteiger partial charge in [-0.2, -0.15) is 18.3 Å². The van der Waals surface area contributed by atoms with Gasteiger partial charge in [-0.15, -0.1) is 0 Å². The van der Waals surface area contributed by atoms with E-state index in [4.69, 9.17) is 23.2 Å². The molecular formula is C30H31Cl2F3N6O. The van der Waals surface area contributed by atoms with Gasteiger partial charge in [0.1, 0.15) is 11.3 Å². The van der Waals surface area contributed by atoms with Crippen LogP contribution < -0.4 is 9.80 Å². The zero-order chi connectivity index (χ0) is 29.8. The van der Waals surface area contributed by atoms with Crippen LogP contribution in [0.4, 0.5) is 24.7 Å². The highest BCUT2D eigenvalue weighted by atomic mass is 35.5. The number of piperidine rings is 1. The van der Waals surface area contributed by atoms with E-state index in [0.29, 0.717) is 33.3 Å². The number of benzene rings is 2. The molecule has 6 rings (SSSR count). The van der Waals surface area contributed by atoms with Crippen LogP contribution in [0, 0.1) is 11.8 Å². The molecule has 1 N–H and O–H groups in total. The van der Waals surface area contributed by atoms with Gasteiger partial charge in [-0.1, -0.05) is 47.5 Å². The molecule has 2 saturated heterocycles. The van der Waals surface area contributed by atoms with Crippen molar-refractivity contribution < 1.29 is 18.3 Å². The number of rotatable bonds is 6. The molecule has 0 bridgehead atoms. The molecule has 1 unspecified atom stereocenters. The average molecular weight is 620 g/mol. The van der Waals surface area contributed by atoms with Gasteiger partial charge in [-0.3, -0.25) is 0 Å². The zero-order valence-corrected chi connectivity index (χ0v) is 24.7. The number of fused-ring (bicyclic) bond motifs is 1. The average Bonchev–Trinajstić information content (AvgIpc) is 3.32. The predicted octanol–water partition coefficient (Wildman–Crippen LogP) is 7.17. The molecule has 0 radical (unpaired) electrons. The fourth-order valence-electron chi connectivity index (χ4n) is 6.23. The standard InChI is InChI=1S/C30H31Cl2F3N6O/c1-17(22-10-9-21(31)12-24(22)32)41-29-27(28(38-41)30(33,34)35)36-13-26(37-29)40-15-20(16-40)19-6-5-11-39(14-19)25-8-4-3-7-23(25)18(2)42/h3-4,7-10,12-13,17-20,42H,5-6,11,14-16H2,1-2H3/t17-,18?,19+/m1/s1. The van der Waals surface area contributed by atoms with E-state index in [-0.39, 0.29) is 11.2 Å². The number of hydrogen-bond acceptors (Lipinski definition) is 6. The number of anilines is 2. The number of aliphatic hydroxyl groups excluding tert-OH is 1. The molecule has 222 valence electrons. The maximum Gasteiger partial charge on any atom is 0.437 e. The Morgan fingerprint density at radius 2 is 1.71 bits per heavy atom. The van der Waals surface area contributed by atoms with E-state index in [2.05, 4.69) is 30.9 Å². The number of halogens is 5. The summed E-state index contributed by atoms with van der Waals surface area (Å²) in [5, 5.41) is 15.0. The Morgan fingerprint density at radius 3 is 2.43 bits per heavy atom. The van der Waals surface area contributed by atoms with Crippen LogP contribution in [0.3, 0.4) is 0 Å². The molecule has 2 aliphatic rings. The Labute approximate surface area is 251 Å². The smallest absolute Gasteiger partial charge is 0.389 e. The Balaban J connectivity index is 1.23. The van der Waals surface area contributed by atoms with E-state index in [1.807, 2.05) is 18.2 Å². The van der Waals surface area contributed by atoms with Gasteiger partial charge in [0.25, 0.3) is 0 Å². The number of hydrogen-bond donors (Lipinski definition) is 1. The van der Waals surface area contributed by atoms with Gasteiger partial charge in [-0.05, 0) is 62.3 Å². The lowest BCUT2D eigenvalue weighted by Crippen LogP contribution is -2.54. The summed E-state index contributed by atoms with van der Waals surface area (Å²) in [5.74, 6) is 1.41. The Bertz CT molecular complexity index is 1600. The van der Waals surface area contributed by atoms with E-state index in [1.54, 1.807) is 32.0 Å². The van der Waals surface area contributed by atoms with Crippen molar-refractivity contribution in [1.82, 2.24) is 19.7 Å². The van der Waals surface area contributed by atoms with Crippen molar-refractivity contribution in [1.29, 1.82) is 0 Å². The lowest BCUT2D eigenvalue weighted by Gasteiger charge is -2.47. The van der Waals surface area contributed by atoms with Gasteiger partial charge < -0.3 is 14.9 Å². The molecule has 4 aromatic rings. The summed E-state index contributed by atoms with van der Waals surface area (Å²) in [7, 11) is 0. The number of para-hydroxylation sites is 1. The quantitative estimate of drug-likeness (QED) is 0.247. The van der Waals surface area contributed by atoms with Crippen LogP contribution in [0.5, 0.6) is 0 Å². The molecule has 2 aromatic carbocycles. The highest BCUT2D eigenvalue weighted by Crippen LogP contribution is 2.39. The van der Waals surface area contributed by atoms with Gasteiger partial charge >= 0.3 is 6.18 Å². The monoisotopic (exact) mass is 618 g/mol. The first kappa shape index (κ1) is 29.0. The van der Waals surface area contributed by atoms with Gasteiger partial charge in [0.15, 0.2) is 11.3 Å². The first-order valence-corrected chi connectivity index (χ1v) is 14.8. The molecular weight excluding hydrogens is 588 g/mol. The Morgan fingerprint density at radius 1 is 0.976 bits per heavy atom. The van der Waals surface area contributed by atoms with E-state index >= 15 is 0 Å². The van der Waals surface area contributed by atoms with E-state index in [0.717, 1.165) is 50.3 Å². The number of aliphatic hydroxyl groups is 1. The third-order valence-electron chi connectivity index (χ3n) is 8.52. The summed E-state index contributed by atoms with van der Waals surface area (Å²) < 4.78 is 43.0. The molecule has 2 fully saturated rings. The van der Waals surface area contributed by atoms with Crippen LogP contribution in [0.1, 0.15) is 55.7 Å². The van der Waals surface area contributed by atoms with Crippen molar-refractivity contribution >= 4 is 45.9 Å². The maximum atomic E-state index is 13.9. The molecule has 12 heteroatoms. The second-order valence-electron chi connectivity index (χ2n) is 11.3. The molecule has 2 aliphatic heterocycles. The van der Waals surface area contributed by atoms with Crippen molar-refractivity contribution in [3.63, 3.8) is 0 Å². The SMILES string of the molecule is CC(O)c1ccccc1N1CCC[C@H](C2CN(c3cnc4c(C(F)(F)F)nn([C@H](C)c5ccc(Cl)cc5Cl)c4n3)C2)C1. The van der Waals surface area contributed by atoms with Crippen molar-refractivity contribution in [2.75, 3.05) is 36.0 Å². The van der Waals surface area contributed by atoms with E-state index in [1.165, 1.54) is 10.9 Å². The predicted molar refractivity (Wildman–Crippen MR) is 158 cm³/mol. The molecule has 0 saturated carbocycles. The van der Waals surface area contributed by atoms with Crippen LogP contribution in [0.25, 0.3) is 11.2 Å². The van der Waals surface area contributed by atoms with Crippen molar-refractivity contribution in [2.45, 2.75) is 45.0 Å². The molecule has 42 heavy (non-hydrogen) atoms. The molecule has 2 aromatic heterocycles. The minimum atomic E-state index is -4.69. The topological polar surface area (TPSA) is 70.3 Å². The normalized spacial score (nSPS) is 19.7. The van der Waals surface area contributed by atoms with Crippen LogP contribution >= 0.6 is 23.2 Å². The van der Waals surface area contributed by atoms with Crippen molar-refractivity contribution in [2.24, 2.45) is 11.8 Å². The molecule has 0 spiro atoms. The van der Waals surface area contributed by atoms with Crippen LogP contribution in [-0.2, 0) is 6.18 Å². The number of aromatic nitrogens is 4. The fourth-order valence-corrected chi connectivity index (χ4v) is 6.79. The summed E-state index contributed by atoms with van der Waals surface area (Å²) in [4.78, 5) is 13.3. The van der Waals surface area contributed by atoms with Gasteiger partial charge in [0, 0.05) is 47.5 Å². The first-order chi connectivity index (χ1) is 20.0. The highest BCUT2D eigenvalue weighted by Gasteiger charge is 2.40. The van der Waals surface area contributed by atoms with Crippen LogP contribution in [-0.4, -0.2) is 51.0 Å². The first-order valence-electron chi connectivity index (χ1n) is 14.1. The van der Waals surface area contributed by atoms with E-state index in [9.17, 15) is 18.3 Å². The second-order valence-corrected chi connectivity index (χ2v) is 12.1. The second kappa shape index (κ2) is 11.2. The Kier molecular flexibility index (Phi) is 7.74. The number of alkyl halides is 3. The van der Waals surface area contributed by atoms with Gasteiger partial charge in [0.2, 0.25) is 0 Å². The lowest BCUT2D eigenvalue weighted by molar-refractivity contribution is -0.140. The van der Waals surface area contributed by atoms with Gasteiger partial charge in [-0.25, -0.2) is 14.6 Å². The zero-order valence-electron chi connectivity index (χ0n) is 23.2. The van der Waals surface area contributed by atoms with Crippen molar-refractivity contribution in [3.05, 3.63) is 75.5 Å². The largest absolute Gasteiger partial charge is 0.437 e. The van der Waals surface area contributed by atoms with Crippen molar-refractivity contribution in [3.8, 4) is 0 Å². The molecule has 0 amide bonds. The summed E-state index contributed by atoms with van der Waals surface area (Å²) in [5.41, 5.74) is 1.28. The van der Waals surface area contributed by atoms with E-state index < -0.39 is 24.0 Å². The minimum absolute atomic E-state index is 0.0559. The summed E-state index contributed by atoms with van der Waals surface area (Å²) in [6, 6.07) is 12.2. The lowest BCUT2D eigenvalue weighted by atomic mass is 9.80. The maximum absolute atomic E-state index is 13.9. The molecule has 0 aliphatic carbocycles. The molecule has 7 nitrogen and oxygen atoms in total.